The number of esters is 1. The van der Waals surface area contributed by atoms with Crippen LogP contribution in [-0.4, -0.2) is 25.3 Å². The van der Waals surface area contributed by atoms with Gasteiger partial charge in [-0.25, -0.2) is 0 Å². The van der Waals surface area contributed by atoms with Gasteiger partial charge in [-0.1, -0.05) is 57.6 Å². The Kier molecular flexibility index (Phi) is 11.1. The number of hydrogen-bond acceptors (Lipinski definition) is 3. The largest absolute Gasteiger partial charge is 0.469 e. The van der Waals surface area contributed by atoms with Gasteiger partial charge < -0.3 is 9.47 Å². The van der Waals surface area contributed by atoms with Crippen LogP contribution in [0.15, 0.2) is 12.2 Å². The van der Waals surface area contributed by atoms with Crippen LogP contribution in [0.4, 0.5) is 0 Å². The van der Waals surface area contributed by atoms with E-state index in [-0.39, 0.29) is 5.97 Å². The molecule has 3 heteroatoms. The predicted octanol–water partition coefficient (Wildman–Crippen LogP) is 5.18. The smallest absolute Gasteiger partial charge is 0.305 e. The molecule has 3 nitrogen and oxygen atoms in total. The minimum absolute atomic E-state index is 0.0850. The van der Waals surface area contributed by atoms with Crippen LogP contribution in [0.5, 0.6) is 0 Å². The van der Waals surface area contributed by atoms with Gasteiger partial charge in [0.05, 0.1) is 19.3 Å². The third kappa shape index (κ3) is 9.99. The Hall–Kier alpha value is -0.830. The van der Waals surface area contributed by atoms with E-state index in [0.717, 1.165) is 19.3 Å². The van der Waals surface area contributed by atoms with Crippen molar-refractivity contribution in [1.29, 1.82) is 0 Å². The lowest BCUT2D eigenvalue weighted by molar-refractivity contribution is -0.140. The molecule has 0 aliphatic carbocycles. The first-order valence-corrected chi connectivity index (χ1v) is 9.15. The molecule has 128 valence electrons. The monoisotopic (exact) mass is 310 g/mol. The fraction of sp³-hybridized carbons (Fsp3) is 0.842. The van der Waals surface area contributed by atoms with E-state index < -0.39 is 0 Å². The summed E-state index contributed by atoms with van der Waals surface area (Å²) in [6, 6.07) is 0. The molecule has 22 heavy (non-hydrogen) atoms. The van der Waals surface area contributed by atoms with Crippen LogP contribution in [0.3, 0.4) is 0 Å². The molecule has 0 radical (unpaired) electrons. The minimum Gasteiger partial charge on any atom is -0.469 e. The van der Waals surface area contributed by atoms with Crippen molar-refractivity contribution in [3.63, 3.8) is 0 Å². The molecule has 0 aromatic rings. The first kappa shape index (κ1) is 19.2. The fourth-order valence-corrected chi connectivity index (χ4v) is 2.75. The standard InChI is InChI=1S/C19H34O3/c1-3-4-11-14-17-18(22-17)15-12-9-7-5-6-8-10-13-16-19(20)21-2/h9,12,17-18H,3-8,10-11,13-16H2,1-2H3/b12-9-/t17-,18+/m0/s1. The highest BCUT2D eigenvalue weighted by Crippen LogP contribution is 2.30. The number of ether oxygens (including phenoxy) is 2. The second-order valence-electron chi connectivity index (χ2n) is 6.30. The third-order valence-electron chi connectivity index (χ3n) is 4.29. The molecule has 1 aliphatic heterocycles. The Labute approximate surface area is 136 Å². The average Bonchev–Trinajstić information content (AvgIpc) is 3.27. The van der Waals surface area contributed by atoms with Crippen molar-refractivity contribution in [1.82, 2.24) is 0 Å². The van der Waals surface area contributed by atoms with Crippen molar-refractivity contribution < 1.29 is 14.3 Å². The lowest BCUT2D eigenvalue weighted by atomic mass is 10.1. The van der Waals surface area contributed by atoms with E-state index >= 15 is 0 Å². The van der Waals surface area contributed by atoms with Gasteiger partial charge in [0, 0.05) is 6.42 Å². The molecule has 0 unspecified atom stereocenters. The molecule has 0 amide bonds. The highest BCUT2D eigenvalue weighted by atomic mass is 16.6. The maximum absolute atomic E-state index is 10.9. The van der Waals surface area contributed by atoms with Crippen LogP contribution < -0.4 is 0 Å². The number of epoxide rings is 1. The van der Waals surface area contributed by atoms with E-state index in [0.29, 0.717) is 18.6 Å². The van der Waals surface area contributed by atoms with Crippen molar-refractivity contribution >= 4 is 5.97 Å². The van der Waals surface area contributed by atoms with E-state index in [1.165, 1.54) is 58.5 Å². The zero-order chi connectivity index (χ0) is 16.0. The maximum Gasteiger partial charge on any atom is 0.305 e. The van der Waals surface area contributed by atoms with Gasteiger partial charge in [-0.2, -0.15) is 0 Å². The highest BCUT2D eigenvalue weighted by Gasteiger charge is 2.36. The number of carbonyl (C=O) groups excluding carboxylic acids is 1. The summed E-state index contributed by atoms with van der Waals surface area (Å²) in [4.78, 5) is 10.9. The van der Waals surface area contributed by atoms with Crippen molar-refractivity contribution in [2.24, 2.45) is 0 Å². The lowest BCUT2D eigenvalue weighted by Crippen LogP contribution is -1.99. The number of methoxy groups -OCH3 is 1. The lowest BCUT2D eigenvalue weighted by Gasteiger charge is -2.00. The normalized spacial score (nSPS) is 20.5. The van der Waals surface area contributed by atoms with E-state index in [1.807, 2.05) is 0 Å². The Morgan fingerprint density at radius 2 is 1.77 bits per heavy atom. The summed E-state index contributed by atoms with van der Waals surface area (Å²) in [5.74, 6) is -0.0850. The van der Waals surface area contributed by atoms with Gasteiger partial charge in [-0.15, -0.1) is 0 Å². The molecule has 1 fully saturated rings. The van der Waals surface area contributed by atoms with Crippen LogP contribution in [0, 0.1) is 0 Å². The fourth-order valence-electron chi connectivity index (χ4n) is 2.75. The molecule has 0 spiro atoms. The molecule has 1 rings (SSSR count). The van der Waals surface area contributed by atoms with Gasteiger partial charge in [0.15, 0.2) is 0 Å². The number of carbonyl (C=O) groups is 1. The molecule has 0 aromatic carbocycles. The number of hydrogen-bond donors (Lipinski definition) is 0. The summed E-state index contributed by atoms with van der Waals surface area (Å²) in [6.45, 7) is 2.24. The van der Waals surface area contributed by atoms with Crippen LogP contribution in [0.2, 0.25) is 0 Å². The second kappa shape index (κ2) is 12.7. The Morgan fingerprint density at radius 3 is 2.55 bits per heavy atom. The summed E-state index contributed by atoms with van der Waals surface area (Å²) < 4.78 is 10.3. The van der Waals surface area contributed by atoms with Gasteiger partial charge >= 0.3 is 5.97 Å². The van der Waals surface area contributed by atoms with Crippen LogP contribution in [0.1, 0.15) is 84.0 Å². The summed E-state index contributed by atoms with van der Waals surface area (Å²) in [5.41, 5.74) is 0. The van der Waals surface area contributed by atoms with Crippen LogP contribution in [0.25, 0.3) is 0 Å². The maximum atomic E-state index is 10.9. The SMILES string of the molecule is CCCCC[C@@H]1O[C@@H]1C/C=C\CCCCCCCC(=O)OC. The molecule has 1 aliphatic rings. The van der Waals surface area contributed by atoms with Crippen LogP contribution >= 0.6 is 0 Å². The van der Waals surface area contributed by atoms with Gasteiger partial charge in [0.1, 0.15) is 0 Å². The van der Waals surface area contributed by atoms with Gasteiger partial charge in [0.25, 0.3) is 0 Å². The summed E-state index contributed by atoms with van der Waals surface area (Å²) in [5, 5.41) is 0. The first-order valence-electron chi connectivity index (χ1n) is 9.15. The second-order valence-corrected chi connectivity index (χ2v) is 6.30. The first-order chi connectivity index (χ1) is 10.8. The van der Waals surface area contributed by atoms with Crippen LogP contribution in [-0.2, 0) is 14.3 Å². The average molecular weight is 310 g/mol. The van der Waals surface area contributed by atoms with Gasteiger partial charge in [0.2, 0.25) is 0 Å². The Bertz CT molecular complexity index is 312. The molecule has 0 N–H and O–H groups in total. The molecule has 0 bridgehead atoms. The summed E-state index contributed by atoms with van der Waals surface area (Å²) in [7, 11) is 1.45. The topological polar surface area (TPSA) is 38.8 Å². The molecular weight excluding hydrogens is 276 g/mol. The molecule has 0 saturated carbocycles. The highest BCUT2D eigenvalue weighted by molar-refractivity contribution is 5.68. The minimum atomic E-state index is -0.0850. The summed E-state index contributed by atoms with van der Waals surface area (Å²) in [6.07, 6.45) is 19.5. The Morgan fingerprint density at radius 1 is 1.00 bits per heavy atom. The predicted molar refractivity (Wildman–Crippen MR) is 90.9 cm³/mol. The van der Waals surface area contributed by atoms with Gasteiger partial charge in [-0.05, 0) is 32.1 Å². The number of unbranched alkanes of at least 4 members (excludes halogenated alkanes) is 7. The van der Waals surface area contributed by atoms with Crippen molar-refractivity contribution in [3.8, 4) is 0 Å². The van der Waals surface area contributed by atoms with E-state index in [1.54, 1.807) is 0 Å². The molecule has 1 saturated heterocycles. The molecule has 0 aromatic heterocycles. The zero-order valence-electron chi connectivity index (χ0n) is 14.5. The van der Waals surface area contributed by atoms with E-state index in [2.05, 4.69) is 23.8 Å². The molecular formula is C19H34O3. The number of allylic oxidation sites excluding steroid dienone is 1. The van der Waals surface area contributed by atoms with Crippen molar-refractivity contribution in [2.75, 3.05) is 7.11 Å². The zero-order valence-corrected chi connectivity index (χ0v) is 14.5. The van der Waals surface area contributed by atoms with Crippen molar-refractivity contribution in [3.05, 3.63) is 12.2 Å². The third-order valence-corrected chi connectivity index (χ3v) is 4.29. The Balaban J connectivity index is 1.80. The van der Waals surface area contributed by atoms with Gasteiger partial charge in [-0.3, -0.25) is 4.79 Å². The quantitative estimate of drug-likeness (QED) is 0.192. The molecule has 1 heterocycles. The van der Waals surface area contributed by atoms with E-state index in [4.69, 9.17) is 4.74 Å². The summed E-state index contributed by atoms with van der Waals surface area (Å²) >= 11 is 0. The van der Waals surface area contributed by atoms with Crippen molar-refractivity contribution in [2.45, 2.75) is 96.2 Å². The number of rotatable bonds is 14. The molecule has 2 atom stereocenters. The van der Waals surface area contributed by atoms with E-state index in [9.17, 15) is 4.79 Å².